The van der Waals surface area contributed by atoms with Crippen molar-refractivity contribution in [2.45, 2.75) is 45.4 Å². The highest BCUT2D eigenvalue weighted by molar-refractivity contribution is 14.0. The predicted molar refractivity (Wildman–Crippen MR) is 124 cm³/mol. The Bertz CT molecular complexity index is 812. The minimum Gasteiger partial charge on any atom is -0.493 e. The fourth-order valence-electron chi connectivity index (χ4n) is 3.87. The van der Waals surface area contributed by atoms with Gasteiger partial charge < -0.3 is 24.6 Å². The number of guanidine groups is 1. The number of benzene rings is 1. The van der Waals surface area contributed by atoms with E-state index < -0.39 is 5.60 Å². The van der Waals surface area contributed by atoms with E-state index in [2.05, 4.69) is 15.2 Å². The van der Waals surface area contributed by atoms with Gasteiger partial charge in [-0.2, -0.15) is 0 Å². The van der Waals surface area contributed by atoms with Gasteiger partial charge in [-0.05, 0) is 38.5 Å². The maximum absolute atomic E-state index is 12.3. The number of carbonyl (C=O) groups excluding carboxylic acids is 1. The third kappa shape index (κ3) is 5.02. The van der Waals surface area contributed by atoms with E-state index >= 15 is 0 Å². The second kappa shape index (κ2) is 8.75. The Hall–Kier alpha value is -1.42. The molecule has 3 aliphatic rings. The molecule has 0 aromatic heterocycles. The van der Waals surface area contributed by atoms with Crippen molar-refractivity contribution in [1.29, 1.82) is 0 Å². The quantitative estimate of drug-likeness (QED) is 0.590. The van der Waals surface area contributed by atoms with E-state index in [-0.39, 0.29) is 36.1 Å². The highest BCUT2D eigenvalue weighted by Gasteiger charge is 2.36. The van der Waals surface area contributed by atoms with Gasteiger partial charge in [-0.25, -0.2) is 4.79 Å². The third-order valence-corrected chi connectivity index (χ3v) is 5.34. The average molecular weight is 535 g/mol. The zero-order valence-corrected chi connectivity index (χ0v) is 20.1. The van der Waals surface area contributed by atoms with Gasteiger partial charge in [0.2, 0.25) is 0 Å². The van der Waals surface area contributed by atoms with Gasteiger partial charge in [-0.15, -0.1) is 24.0 Å². The molecule has 1 saturated heterocycles. The molecular formula is C20H28ClIN4O3. The van der Waals surface area contributed by atoms with E-state index in [1.54, 1.807) is 4.90 Å². The van der Waals surface area contributed by atoms with Crippen molar-refractivity contribution in [2.24, 2.45) is 4.99 Å². The number of piperazine rings is 1. The molecule has 0 spiro atoms. The first-order chi connectivity index (χ1) is 13.3. The van der Waals surface area contributed by atoms with Gasteiger partial charge in [0.15, 0.2) is 5.96 Å². The highest BCUT2D eigenvalue weighted by Crippen LogP contribution is 2.33. The summed E-state index contributed by atoms with van der Waals surface area (Å²) in [5, 5.41) is 4.17. The molecule has 0 radical (unpaired) electrons. The van der Waals surface area contributed by atoms with E-state index in [4.69, 9.17) is 21.1 Å². The molecule has 3 aliphatic heterocycles. The van der Waals surface area contributed by atoms with Crippen LogP contribution in [0, 0.1) is 0 Å². The number of carbonyl (C=O) groups is 1. The molecule has 1 N–H and O–H groups in total. The van der Waals surface area contributed by atoms with E-state index in [9.17, 15) is 4.79 Å². The smallest absolute Gasteiger partial charge is 0.410 e. The van der Waals surface area contributed by atoms with Gasteiger partial charge in [-0.3, -0.25) is 4.99 Å². The fourth-order valence-corrected chi connectivity index (χ4v) is 4.14. The molecule has 1 fully saturated rings. The van der Waals surface area contributed by atoms with Gasteiger partial charge >= 0.3 is 6.09 Å². The average Bonchev–Trinajstić information content (AvgIpc) is 3.24. The molecule has 1 amide bonds. The van der Waals surface area contributed by atoms with E-state index in [1.165, 1.54) is 5.56 Å². The van der Waals surface area contributed by atoms with Gasteiger partial charge in [0.25, 0.3) is 0 Å². The topological polar surface area (TPSA) is 66.4 Å². The van der Waals surface area contributed by atoms with Crippen LogP contribution in [0.2, 0.25) is 5.02 Å². The molecule has 0 aliphatic carbocycles. The summed E-state index contributed by atoms with van der Waals surface area (Å²) < 4.78 is 11.3. The van der Waals surface area contributed by atoms with Gasteiger partial charge in [0.05, 0.1) is 19.2 Å². The third-order valence-electron chi connectivity index (χ3n) is 5.12. The van der Waals surface area contributed by atoms with Crippen molar-refractivity contribution in [3.8, 4) is 5.75 Å². The number of amides is 1. The Morgan fingerprint density at radius 2 is 2.17 bits per heavy atom. The molecule has 7 nitrogen and oxygen atoms in total. The standard InChI is InChI=1S/C20H27ClN4O3.HI/c1-20(2,3)28-19(26)24-5-6-25-16(12-24)11-23-18(25)22-10-14-9-15(21)8-13-4-7-27-17(13)14;/h8-9,16H,4-7,10-12H2,1-3H3,(H,22,23);1H. The molecule has 0 bridgehead atoms. The molecule has 160 valence electrons. The van der Waals surface area contributed by atoms with Crippen LogP contribution in [0.25, 0.3) is 0 Å². The van der Waals surface area contributed by atoms with E-state index in [1.807, 2.05) is 32.9 Å². The summed E-state index contributed by atoms with van der Waals surface area (Å²) in [5.41, 5.74) is 1.74. The number of aliphatic imine (C=N–C) groups is 1. The minimum absolute atomic E-state index is 0. The molecule has 29 heavy (non-hydrogen) atoms. The lowest BCUT2D eigenvalue weighted by molar-refractivity contribution is 0.0137. The highest BCUT2D eigenvalue weighted by atomic mass is 127. The number of nitrogens with zero attached hydrogens (tertiary/aromatic N) is 3. The minimum atomic E-state index is -0.480. The van der Waals surface area contributed by atoms with Crippen LogP contribution in [0.3, 0.4) is 0 Å². The van der Waals surface area contributed by atoms with Crippen LogP contribution in [-0.4, -0.2) is 66.3 Å². The van der Waals surface area contributed by atoms with Crippen molar-refractivity contribution in [2.75, 3.05) is 32.8 Å². The number of nitrogens with one attached hydrogen (secondary N) is 1. The Labute approximate surface area is 193 Å². The van der Waals surface area contributed by atoms with Crippen LogP contribution in [0.15, 0.2) is 17.1 Å². The lowest BCUT2D eigenvalue weighted by atomic mass is 10.1. The number of ether oxygens (including phenoxy) is 2. The van der Waals surface area contributed by atoms with Crippen LogP contribution in [-0.2, 0) is 17.7 Å². The number of rotatable bonds is 2. The van der Waals surface area contributed by atoms with Crippen molar-refractivity contribution in [1.82, 2.24) is 15.1 Å². The van der Waals surface area contributed by atoms with Crippen LogP contribution < -0.4 is 10.1 Å². The van der Waals surface area contributed by atoms with E-state index in [0.717, 1.165) is 35.3 Å². The first-order valence-corrected chi connectivity index (χ1v) is 10.1. The predicted octanol–water partition coefficient (Wildman–Crippen LogP) is 3.27. The first-order valence-electron chi connectivity index (χ1n) is 9.77. The summed E-state index contributed by atoms with van der Waals surface area (Å²) in [5.74, 6) is 1.82. The number of hydrogen-bond donors (Lipinski definition) is 1. The summed E-state index contributed by atoms with van der Waals surface area (Å²) in [6.07, 6.45) is 0.652. The number of halogens is 2. The molecule has 4 rings (SSSR count). The second-order valence-corrected chi connectivity index (χ2v) is 8.88. The molecule has 9 heteroatoms. The van der Waals surface area contributed by atoms with Crippen LogP contribution >= 0.6 is 35.6 Å². The normalized spacial score (nSPS) is 20.3. The van der Waals surface area contributed by atoms with Crippen molar-refractivity contribution in [3.63, 3.8) is 0 Å². The van der Waals surface area contributed by atoms with Gasteiger partial charge in [-0.1, -0.05) is 11.6 Å². The summed E-state index contributed by atoms with van der Waals surface area (Å²) in [4.78, 5) is 21.0. The molecular weight excluding hydrogens is 507 g/mol. The maximum Gasteiger partial charge on any atom is 0.410 e. The van der Waals surface area contributed by atoms with Crippen molar-refractivity contribution >= 4 is 47.6 Å². The van der Waals surface area contributed by atoms with Crippen LogP contribution in [0.1, 0.15) is 31.9 Å². The largest absolute Gasteiger partial charge is 0.493 e. The Kier molecular flexibility index (Phi) is 6.72. The monoisotopic (exact) mass is 534 g/mol. The van der Waals surface area contributed by atoms with Crippen molar-refractivity contribution in [3.05, 3.63) is 28.3 Å². The SMILES string of the molecule is CC(C)(C)OC(=O)N1CCN2C(NCc3cc(Cl)cc4c3OCC4)=NCC2C1.I. The zero-order chi connectivity index (χ0) is 19.9. The summed E-state index contributed by atoms with van der Waals surface area (Å²) in [6, 6.07) is 4.11. The molecule has 1 aromatic carbocycles. The first kappa shape index (κ1) is 22.3. The summed E-state index contributed by atoms with van der Waals surface area (Å²) >= 11 is 6.25. The molecule has 0 saturated carbocycles. The van der Waals surface area contributed by atoms with Crippen molar-refractivity contribution < 1.29 is 14.3 Å². The van der Waals surface area contributed by atoms with Gasteiger partial charge in [0, 0.05) is 43.2 Å². The van der Waals surface area contributed by atoms with Crippen LogP contribution in [0.4, 0.5) is 4.79 Å². The summed E-state index contributed by atoms with van der Waals surface area (Å²) in [6.45, 7) is 9.64. The molecule has 1 unspecified atom stereocenters. The zero-order valence-electron chi connectivity index (χ0n) is 17.0. The second-order valence-electron chi connectivity index (χ2n) is 8.44. The lowest BCUT2D eigenvalue weighted by Gasteiger charge is -2.39. The Morgan fingerprint density at radius 3 is 2.93 bits per heavy atom. The van der Waals surface area contributed by atoms with Gasteiger partial charge in [0.1, 0.15) is 11.4 Å². The lowest BCUT2D eigenvalue weighted by Crippen LogP contribution is -2.57. The fraction of sp³-hybridized carbons (Fsp3) is 0.600. The Morgan fingerprint density at radius 1 is 1.38 bits per heavy atom. The van der Waals surface area contributed by atoms with Crippen LogP contribution in [0.5, 0.6) is 5.75 Å². The number of hydrogen-bond acceptors (Lipinski definition) is 6. The summed E-state index contributed by atoms with van der Waals surface area (Å²) in [7, 11) is 0. The number of fused-ring (bicyclic) bond motifs is 2. The molecule has 3 heterocycles. The molecule has 1 atom stereocenters. The van der Waals surface area contributed by atoms with E-state index in [0.29, 0.717) is 32.8 Å². The maximum atomic E-state index is 12.3. The Balaban J connectivity index is 0.00000240. The molecule has 1 aromatic rings.